The largest absolute Gasteiger partial charge is 0.466 e. The minimum atomic E-state index is -4.64. The summed E-state index contributed by atoms with van der Waals surface area (Å²) >= 11 is 1.10. The summed E-state index contributed by atoms with van der Waals surface area (Å²) in [6.07, 6.45) is 0. The third-order valence-electron chi connectivity index (χ3n) is 0. The molecular formula is C2H8KO4P. The Morgan fingerprint density at radius 1 is 1.50 bits per heavy atom. The van der Waals surface area contributed by atoms with Crippen molar-refractivity contribution < 1.29 is 19.2 Å². The molecule has 0 aliphatic heterocycles. The van der Waals surface area contributed by atoms with Crippen molar-refractivity contribution in [2.24, 2.45) is 0 Å². The van der Waals surface area contributed by atoms with Crippen LogP contribution < -0.4 is 0 Å². The van der Waals surface area contributed by atoms with Gasteiger partial charge in [0, 0.05) is 0 Å². The van der Waals surface area contributed by atoms with Crippen LogP contribution >= 0.6 is 7.82 Å². The Morgan fingerprint density at radius 2 is 1.50 bits per heavy atom. The number of rotatable bonds is 0. The maximum atomic E-state index is 8.88. The van der Waals surface area contributed by atoms with Crippen LogP contribution in [0.15, 0.2) is 0 Å². The van der Waals surface area contributed by atoms with Crippen molar-refractivity contribution in [2.75, 3.05) is 0 Å². The first-order valence-corrected chi connectivity index (χ1v) is 5.97. The molecule has 0 unspecified atom stereocenters. The first-order valence-electron chi connectivity index (χ1n) is 2.20. The van der Waals surface area contributed by atoms with E-state index < -0.39 is 7.82 Å². The molecule has 0 bridgehead atoms. The fraction of sp³-hybridized carbons (Fsp3) is 1.00. The Labute approximate surface area is 82.1 Å². The van der Waals surface area contributed by atoms with Crippen LogP contribution in [0.1, 0.15) is 6.92 Å². The second-order valence-corrected chi connectivity index (χ2v) is 4.46. The molecule has 0 aromatic rings. The topological polar surface area (TPSA) is 77.8 Å². The molecule has 6 heteroatoms. The smallest absolute Gasteiger partial charge is 0.303 e. The van der Waals surface area contributed by atoms with Gasteiger partial charge in [-0.1, -0.05) is 0 Å². The molecule has 46 valence electrons. The van der Waals surface area contributed by atoms with Crippen LogP contribution in [0.2, 0.25) is 0.515 Å². The summed E-state index contributed by atoms with van der Waals surface area (Å²) in [4.78, 5) is 21.6. The molecule has 0 aromatic carbocycles. The van der Waals surface area contributed by atoms with Gasteiger partial charge in [-0.3, -0.25) is 0 Å². The Hall–Kier alpha value is 1.75. The van der Waals surface area contributed by atoms with Crippen molar-refractivity contribution >= 4 is 56.8 Å². The van der Waals surface area contributed by atoms with E-state index in [-0.39, 0.29) is 0 Å². The van der Waals surface area contributed by atoms with Crippen LogP contribution in [0.3, 0.4) is 0 Å². The zero-order valence-corrected chi connectivity index (χ0v) is 8.92. The molecule has 8 heavy (non-hydrogen) atoms. The Balaban J connectivity index is 0. The molecule has 0 saturated carbocycles. The molecule has 0 spiro atoms. The number of hydrogen-bond donors (Lipinski definition) is 3. The van der Waals surface area contributed by atoms with Gasteiger partial charge in [-0.25, -0.2) is 4.57 Å². The molecule has 0 aromatic heterocycles. The monoisotopic (exact) mass is 166 g/mol. The molecule has 0 radical (unpaired) electrons. The summed E-state index contributed by atoms with van der Waals surface area (Å²) in [6.45, 7) is 2.21. The van der Waals surface area contributed by atoms with Crippen LogP contribution in [0.4, 0.5) is 0 Å². The predicted octanol–water partition coefficient (Wildman–Crippen LogP) is -0.336. The van der Waals surface area contributed by atoms with Gasteiger partial charge in [0.1, 0.15) is 0 Å². The van der Waals surface area contributed by atoms with Gasteiger partial charge in [0.15, 0.2) is 0 Å². The summed E-state index contributed by atoms with van der Waals surface area (Å²) in [5, 5.41) is 0. The number of hydrogen-bond acceptors (Lipinski definition) is 1. The molecule has 0 amide bonds. The predicted molar refractivity (Wildman–Crippen MR) is 30.5 cm³/mol. The molecule has 4 nitrogen and oxygen atoms in total. The van der Waals surface area contributed by atoms with E-state index in [1.807, 2.05) is 0 Å². The van der Waals surface area contributed by atoms with Crippen molar-refractivity contribution in [3.05, 3.63) is 0 Å². The first-order chi connectivity index (χ1) is 3.41. The van der Waals surface area contributed by atoms with Gasteiger partial charge in [0.2, 0.25) is 0 Å². The minimum Gasteiger partial charge on any atom is -0.303 e. The van der Waals surface area contributed by atoms with E-state index in [1.54, 1.807) is 0 Å². The van der Waals surface area contributed by atoms with Crippen LogP contribution in [0, 0.1) is 0 Å². The summed E-state index contributed by atoms with van der Waals surface area (Å²) in [5.74, 6) is 0. The first kappa shape index (κ1) is 12.4. The van der Waals surface area contributed by atoms with Crippen LogP contribution in [-0.2, 0) is 4.57 Å². The van der Waals surface area contributed by atoms with Gasteiger partial charge < -0.3 is 14.7 Å². The van der Waals surface area contributed by atoms with Crippen LogP contribution in [-0.4, -0.2) is 63.6 Å². The standard InChI is InChI=1S/C2H5.K.H3O4P/c1-2;;1-5(2,3)4/h1H2,2H3;;(H3,1,2,3,4). The van der Waals surface area contributed by atoms with Crippen molar-refractivity contribution in [3.63, 3.8) is 0 Å². The van der Waals surface area contributed by atoms with Crippen molar-refractivity contribution in [2.45, 2.75) is 7.44 Å². The molecule has 0 aliphatic rings. The average Bonchev–Trinajstić information content (AvgIpc) is 1.27. The maximum Gasteiger partial charge on any atom is 0.466 e. The van der Waals surface area contributed by atoms with Crippen molar-refractivity contribution in [1.82, 2.24) is 0 Å². The Bertz CT molecular complexity index is 69.8. The van der Waals surface area contributed by atoms with Gasteiger partial charge >= 0.3 is 64.2 Å². The average molecular weight is 166 g/mol. The second-order valence-electron chi connectivity index (χ2n) is 1.22. The molecule has 0 aliphatic carbocycles. The summed E-state index contributed by atoms with van der Waals surface area (Å²) in [7, 11) is -4.64. The zero-order valence-electron chi connectivity index (χ0n) is 4.90. The zero-order chi connectivity index (χ0) is 7.21. The molecule has 0 heterocycles. The quantitative estimate of drug-likeness (QED) is 0.340. The molecular weight excluding hydrogens is 158 g/mol. The van der Waals surface area contributed by atoms with E-state index >= 15 is 0 Å². The van der Waals surface area contributed by atoms with Gasteiger partial charge in [0.05, 0.1) is 0 Å². The Morgan fingerprint density at radius 3 is 1.50 bits per heavy atom. The SMILES string of the molecule is C[CH2][K].O=P(O)(O)O. The van der Waals surface area contributed by atoms with E-state index in [0.29, 0.717) is 0 Å². The van der Waals surface area contributed by atoms with Gasteiger partial charge in [0.25, 0.3) is 0 Å². The third kappa shape index (κ3) is 116. The van der Waals surface area contributed by atoms with Gasteiger partial charge in [-0.15, -0.1) is 0 Å². The second kappa shape index (κ2) is 6.86. The van der Waals surface area contributed by atoms with Crippen molar-refractivity contribution in [3.8, 4) is 0 Å². The van der Waals surface area contributed by atoms with E-state index in [4.69, 9.17) is 19.2 Å². The van der Waals surface area contributed by atoms with E-state index in [9.17, 15) is 0 Å². The van der Waals surface area contributed by atoms with Crippen molar-refractivity contribution in [1.29, 1.82) is 0 Å². The molecule has 0 saturated heterocycles. The van der Waals surface area contributed by atoms with E-state index in [1.165, 1.54) is 0.515 Å². The normalized spacial score (nSPS) is 9.75. The van der Waals surface area contributed by atoms with Crippen LogP contribution in [0.5, 0.6) is 0 Å². The fourth-order valence-corrected chi connectivity index (χ4v) is 0. The third-order valence-corrected chi connectivity index (χ3v) is 0. The summed E-state index contributed by atoms with van der Waals surface area (Å²) in [5.41, 5.74) is 0. The maximum absolute atomic E-state index is 8.88. The molecule has 3 N–H and O–H groups in total. The summed E-state index contributed by atoms with van der Waals surface area (Å²) in [6, 6.07) is 0. The molecule has 0 rings (SSSR count). The van der Waals surface area contributed by atoms with Crippen LogP contribution in [0.25, 0.3) is 0 Å². The van der Waals surface area contributed by atoms with E-state index in [2.05, 4.69) is 6.92 Å². The van der Waals surface area contributed by atoms with Gasteiger partial charge in [-0.05, 0) is 0 Å². The van der Waals surface area contributed by atoms with Gasteiger partial charge in [-0.2, -0.15) is 0 Å². The van der Waals surface area contributed by atoms with E-state index in [0.717, 1.165) is 49.0 Å². The molecule has 0 fully saturated rings. The summed E-state index contributed by atoms with van der Waals surface area (Å²) < 4.78 is 10.3. The minimum absolute atomic E-state index is 1.10. The number of phosphoric acid groups is 1. The molecule has 0 atom stereocenters. The fourth-order valence-electron chi connectivity index (χ4n) is 0. The Kier molecular flexibility index (Phi) is 10.7.